The molecule has 102 valence electrons. The van der Waals surface area contributed by atoms with Gasteiger partial charge in [0.15, 0.2) is 0 Å². The monoisotopic (exact) mass is 267 g/mol. The van der Waals surface area contributed by atoms with E-state index in [4.69, 9.17) is 0 Å². The van der Waals surface area contributed by atoms with Gasteiger partial charge in [-0.1, -0.05) is 29.8 Å². The Morgan fingerprint density at radius 1 is 0.900 bits per heavy atom. The van der Waals surface area contributed by atoms with E-state index in [-0.39, 0.29) is 35.5 Å². The molecule has 3 aliphatic carbocycles. The fourth-order valence-electron chi connectivity index (χ4n) is 4.02. The SMILES string of the molecule is Cc1ccc(N2C(=O)[C@H]3[C@H](C2=O)[C@@H]2C=C[C@@H]3CC2)cc1. The lowest BCUT2D eigenvalue weighted by Crippen LogP contribution is -2.38. The lowest BCUT2D eigenvalue weighted by atomic mass is 9.63. The van der Waals surface area contributed by atoms with Crippen molar-refractivity contribution in [1.82, 2.24) is 0 Å². The van der Waals surface area contributed by atoms with Gasteiger partial charge in [0.25, 0.3) is 0 Å². The molecule has 2 amide bonds. The van der Waals surface area contributed by atoms with Gasteiger partial charge in [-0.15, -0.1) is 0 Å². The second-order valence-corrected chi connectivity index (χ2v) is 6.19. The van der Waals surface area contributed by atoms with Crippen molar-refractivity contribution < 1.29 is 9.59 Å². The van der Waals surface area contributed by atoms with Gasteiger partial charge < -0.3 is 0 Å². The Morgan fingerprint density at radius 3 is 1.85 bits per heavy atom. The number of hydrogen-bond donors (Lipinski definition) is 0. The molecule has 1 saturated heterocycles. The van der Waals surface area contributed by atoms with Gasteiger partial charge in [0.05, 0.1) is 17.5 Å². The molecular weight excluding hydrogens is 250 g/mol. The van der Waals surface area contributed by atoms with Crippen molar-refractivity contribution in [1.29, 1.82) is 0 Å². The molecule has 0 spiro atoms. The highest BCUT2D eigenvalue weighted by atomic mass is 16.2. The van der Waals surface area contributed by atoms with Crippen LogP contribution in [0.2, 0.25) is 0 Å². The predicted octanol–water partition coefficient (Wildman–Crippen LogP) is 2.70. The topological polar surface area (TPSA) is 37.4 Å². The van der Waals surface area contributed by atoms with E-state index in [2.05, 4.69) is 12.2 Å². The lowest BCUT2D eigenvalue weighted by molar-refractivity contribution is -0.124. The summed E-state index contributed by atoms with van der Waals surface area (Å²) in [5.74, 6) is 0.291. The second-order valence-electron chi connectivity index (χ2n) is 6.19. The maximum Gasteiger partial charge on any atom is 0.238 e. The molecule has 1 heterocycles. The van der Waals surface area contributed by atoms with Crippen LogP contribution in [0.3, 0.4) is 0 Å². The fourth-order valence-corrected chi connectivity index (χ4v) is 4.02. The highest BCUT2D eigenvalue weighted by Crippen LogP contribution is 2.50. The molecule has 1 saturated carbocycles. The molecule has 0 radical (unpaired) electrons. The van der Waals surface area contributed by atoms with Crippen LogP contribution in [0.25, 0.3) is 0 Å². The summed E-state index contributed by atoms with van der Waals surface area (Å²) in [4.78, 5) is 26.8. The predicted molar refractivity (Wildman–Crippen MR) is 76.0 cm³/mol. The second kappa shape index (κ2) is 4.05. The van der Waals surface area contributed by atoms with Gasteiger partial charge in [-0.05, 0) is 43.7 Å². The summed E-state index contributed by atoms with van der Waals surface area (Å²) in [5, 5.41) is 0. The number of benzene rings is 1. The summed E-state index contributed by atoms with van der Waals surface area (Å²) in [7, 11) is 0. The molecule has 2 bridgehead atoms. The van der Waals surface area contributed by atoms with Crippen LogP contribution in [0, 0.1) is 30.6 Å². The van der Waals surface area contributed by atoms with Crippen LogP contribution in [0.1, 0.15) is 18.4 Å². The number of rotatable bonds is 1. The highest BCUT2D eigenvalue weighted by Gasteiger charge is 2.56. The normalized spacial score (nSPS) is 34.8. The number of imide groups is 1. The Labute approximate surface area is 118 Å². The van der Waals surface area contributed by atoms with E-state index in [1.54, 1.807) is 0 Å². The van der Waals surface area contributed by atoms with Crippen molar-refractivity contribution in [3.8, 4) is 0 Å². The van der Waals surface area contributed by atoms with Crippen LogP contribution in [-0.2, 0) is 9.59 Å². The molecule has 0 unspecified atom stereocenters. The van der Waals surface area contributed by atoms with Gasteiger partial charge in [0.2, 0.25) is 11.8 Å². The van der Waals surface area contributed by atoms with Crippen LogP contribution < -0.4 is 4.90 Å². The van der Waals surface area contributed by atoms with Crippen molar-refractivity contribution >= 4 is 17.5 Å². The van der Waals surface area contributed by atoms with Gasteiger partial charge >= 0.3 is 0 Å². The molecule has 0 aromatic heterocycles. The van der Waals surface area contributed by atoms with Gasteiger partial charge in [-0.2, -0.15) is 0 Å². The summed E-state index contributed by atoms with van der Waals surface area (Å²) in [5.41, 5.74) is 1.85. The maximum absolute atomic E-state index is 12.7. The van der Waals surface area contributed by atoms with E-state index in [1.807, 2.05) is 31.2 Å². The van der Waals surface area contributed by atoms with Crippen molar-refractivity contribution in [3.63, 3.8) is 0 Å². The number of carbonyl (C=O) groups is 2. The third-order valence-corrected chi connectivity index (χ3v) is 5.05. The third-order valence-electron chi connectivity index (χ3n) is 5.05. The summed E-state index contributed by atoms with van der Waals surface area (Å²) in [6.45, 7) is 2.00. The van der Waals surface area contributed by atoms with Crippen molar-refractivity contribution in [2.24, 2.45) is 23.7 Å². The number of allylic oxidation sites excluding steroid dienone is 2. The zero-order valence-electron chi connectivity index (χ0n) is 11.5. The van der Waals surface area contributed by atoms with Crippen molar-refractivity contribution in [3.05, 3.63) is 42.0 Å². The Bertz CT molecular complexity index is 584. The summed E-state index contributed by atoms with van der Waals surface area (Å²) >= 11 is 0. The Kier molecular flexibility index (Phi) is 2.40. The Balaban J connectivity index is 1.75. The molecule has 4 aliphatic rings. The minimum Gasteiger partial charge on any atom is -0.274 e. The first-order chi connectivity index (χ1) is 9.66. The molecule has 3 heteroatoms. The van der Waals surface area contributed by atoms with E-state index in [1.165, 1.54) is 4.90 Å². The van der Waals surface area contributed by atoms with E-state index >= 15 is 0 Å². The molecule has 5 rings (SSSR count). The highest BCUT2D eigenvalue weighted by molar-refractivity contribution is 6.22. The van der Waals surface area contributed by atoms with Gasteiger partial charge in [-0.3, -0.25) is 14.5 Å². The number of nitrogens with zero attached hydrogens (tertiary/aromatic N) is 1. The maximum atomic E-state index is 12.7. The first-order valence-electron chi connectivity index (χ1n) is 7.29. The van der Waals surface area contributed by atoms with Crippen LogP contribution in [0.4, 0.5) is 5.69 Å². The first kappa shape index (κ1) is 11.9. The van der Waals surface area contributed by atoms with Crippen molar-refractivity contribution in [2.75, 3.05) is 4.90 Å². The molecule has 20 heavy (non-hydrogen) atoms. The number of carbonyl (C=O) groups excluding carboxylic acids is 2. The molecule has 1 aliphatic heterocycles. The Hall–Kier alpha value is -1.90. The third kappa shape index (κ3) is 1.46. The van der Waals surface area contributed by atoms with E-state index in [9.17, 15) is 9.59 Å². The molecule has 2 fully saturated rings. The minimum atomic E-state index is -0.118. The molecule has 1 aromatic carbocycles. The van der Waals surface area contributed by atoms with E-state index in [0.29, 0.717) is 0 Å². The Morgan fingerprint density at radius 2 is 1.40 bits per heavy atom. The van der Waals surface area contributed by atoms with Crippen LogP contribution in [-0.4, -0.2) is 11.8 Å². The van der Waals surface area contributed by atoms with Crippen LogP contribution in [0.15, 0.2) is 36.4 Å². The number of fused-ring (bicyclic) bond motifs is 1. The first-order valence-corrected chi connectivity index (χ1v) is 7.29. The molecule has 4 atom stereocenters. The largest absolute Gasteiger partial charge is 0.274 e. The van der Waals surface area contributed by atoms with Crippen LogP contribution in [0.5, 0.6) is 0 Å². The number of anilines is 1. The number of aryl methyl sites for hydroxylation is 1. The average molecular weight is 267 g/mol. The molecule has 1 aromatic rings. The molecular formula is C17H17NO2. The lowest BCUT2D eigenvalue weighted by Gasteiger charge is -2.38. The van der Waals surface area contributed by atoms with Gasteiger partial charge in [-0.25, -0.2) is 0 Å². The standard InChI is InChI=1S/C17H17NO2/c1-10-2-8-13(9-3-10)18-16(19)14-11-4-5-12(7-6-11)15(14)17(18)20/h2-5,8-9,11-12,14-15H,6-7H2,1H3/t11-,12-,14-,15-/m1/s1. The minimum absolute atomic E-state index is 0.00269. The fraction of sp³-hybridized carbons (Fsp3) is 0.412. The molecule has 3 nitrogen and oxygen atoms in total. The van der Waals surface area contributed by atoms with Gasteiger partial charge in [0, 0.05) is 0 Å². The van der Waals surface area contributed by atoms with Crippen molar-refractivity contribution in [2.45, 2.75) is 19.8 Å². The smallest absolute Gasteiger partial charge is 0.238 e. The summed E-state index contributed by atoms with van der Waals surface area (Å²) < 4.78 is 0. The molecule has 0 N–H and O–H groups in total. The van der Waals surface area contributed by atoms with Crippen LogP contribution >= 0.6 is 0 Å². The van der Waals surface area contributed by atoms with E-state index < -0.39 is 0 Å². The van der Waals surface area contributed by atoms with E-state index in [0.717, 1.165) is 24.1 Å². The zero-order valence-corrected chi connectivity index (χ0v) is 11.5. The summed E-state index contributed by atoms with van der Waals surface area (Å²) in [6.07, 6.45) is 6.39. The quantitative estimate of drug-likeness (QED) is 0.579. The number of hydrogen-bond acceptors (Lipinski definition) is 2. The number of amides is 2. The van der Waals surface area contributed by atoms with Gasteiger partial charge in [0.1, 0.15) is 0 Å². The summed E-state index contributed by atoms with van der Waals surface area (Å²) in [6, 6.07) is 7.64. The zero-order chi connectivity index (χ0) is 13.9. The average Bonchev–Trinajstić information content (AvgIpc) is 2.76.